The standard InChI is InChI=1S/C12H18O2SSi/c1-16(2,3)15-10-9-12(13)14-11-7-5-4-6-8-11/h4-8H,9-10H2,1-3H3. The summed E-state index contributed by atoms with van der Waals surface area (Å²) in [6, 6.07) is 9.21. The van der Waals surface area contributed by atoms with Crippen molar-refractivity contribution in [1.82, 2.24) is 0 Å². The summed E-state index contributed by atoms with van der Waals surface area (Å²) in [5.41, 5.74) is 0. The summed E-state index contributed by atoms with van der Waals surface area (Å²) >= 11 is 1.91. The fourth-order valence-corrected chi connectivity index (χ4v) is 4.14. The van der Waals surface area contributed by atoms with Gasteiger partial charge in [-0.05, 0) is 17.9 Å². The van der Waals surface area contributed by atoms with Crippen molar-refractivity contribution in [3.05, 3.63) is 30.3 Å². The fraction of sp³-hybridized carbons (Fsp3) is 0.417. The van der Waals surface area contributed by atoms with Gasteiger partial charge in [0.15, 0.2) is 0 Å². The molecule has 0 saturated carbocycles. The van der Waals surface area contributed by atoms with Gasteiger partial charge in [0, 0.05) is 0 Å². The second-order valence-corrected chi connectivity index (χ2v) is 14.0. The van der Waals surface area contributed by atoms with Crippen molar-refractivity contribution >= 4 is 24.4 Å². The van der Waals surface area contributed by atoms with Crippen LogP contribution in [0.3, 0.4) is 0 Å². The average Bonchev–Trinajstić information content (AvgIpc) is 2.17. The van der Waals surface area contributed by atoms with Crippen LogP contribution in [0.5, 0.6) is 5.75 Å². The van der Waals surface area contributed by atoms with Crippen LogP contribution in [0.4, 0.5) is 0 Å². The minimum atomic E-state index is -1.11. The highest BCUT2D eigenvalue weighted by molar-refractivity contribution is 8.28. The van der Waals surface area contributed by atoms with Crippen LogP contribution in [0.15, 0.2) is 30.3 Å². The van der Waals surface area contributed by atoms with E-state index in [0.29, 0.717) is 12.2 Å². The maximum Gasteiger partial charge on any atom is 0.311 e. The predicted octanol–water partition coefficient (Wildman–Crippen LogP) is 3.55. The number of rotatable bonds is 5. The number of para-hydroxylation sites is 1. The van der Waals surface area contributed by atoms with E-state index in [1.807, 2.05) is 29.4 Å². The highest BCUT2D eigenvalue weighted by Gasteiger charge is 2.14. The summed E-state index contributed by atoms with van der Waals surface area (Å²) in [4.78, 5) is 11.5. The van der Waals surface area contributed by atoms with Crippen molar-refractivity contribution in [3.8, 4) is 5.75 Å². The molecule has 1 rings (SSSR count). The third-order valence-corrected chi connectivity index (χ3v) is 6.30. The van der Waals surface area contributed by atoms with Crippen LogP contribution in [0, 0.1) is 0 Å². The Morgan fingerprint density at radius 3 is 2.44 bits per heavy atom. The van der Waals surface area contributed by atoms with Crippen LogP contribution in [0.1, 0.15) is 6.42 Å². The molecule has 0 radical (unpaired) electrons. The topological polar surface area (TPSA) is 26.3 Å². The molecule has 2 nitrogen and oxygen atoms in total. The minimum Gasteiger partial charge on any atom is -0.427 e. The number of ether oxygens (including phenoxy) is 1. The van der Waals surface area contributed by atoms with Crippen molar-refractivity contribution in [1.29, 1.82) is 0 Å². The molecule has 1 aromatic rings. The lowest BCUT2D eigenvalue weighted by Crippen LogP contribution is -2.17. The van der Waals surface area contributed by atoms with Gasteiger partial charge in [-0.2, -0.15) is 11.2 Å². The maximum atomic E-state index is 11.5. The van der Waals surface area contributed by atoms with Crippen LogP contribution in [0.25, 0.3) is 0 Å². The summed E-state index contributed by atoms with van der Waals surface area (Å²) in [5, 5.41) is 0. The molecule has 1 aromatic carbocycles. The Bertz CT molecular complexity index is 333. The lowest BCUT2D eigenvalue weighted by Gasteiger charge is -2.14. The second-order valence-electron chi connectivity index (χ2n) is 4.50. The van der Waals surface area contributed by atoms with Crippen LogP contribution < -0.4 is 4.74 Å². The van der Waals surface area contributed by atoms with E-state index in [1.165, 1.54) is 0 Å². The molecule has 88 valence electrons. The van der Waals surface area contributed by atoms with Crippen molar-refractivity contribution < 1.29 is 9.53 Å². The van der Waals surface area contributed by atoms with Crippen molar-refractivity contribution in [2.45, 2.75) is 26.1 Å². The van der Waals surface area contributed by atoms with Gasteiger partial charge < -0.3 is 4.74 Å². The molecule has 0 atom stereocenters. The van der Waals surface area contributed by atoms with Crippen molar-refractivity contribution in [3.63, 3.8) is 0 Å². The third-order valence-electron chi connectivity index (χ3n) is 1.82. The maximum absolute atomic E-state index is 11.5. The predicted molar refractivity (Wildman–Crippen MR) is 72.5 cm³/mol. The second kappa shape index (κ2) is 6.11. The molecule has 0 aromatic heterocycles. The van der Waals surface area contributed by atoms with Gasteiger partial charge in [0.2, 0.25) is 0 Å². The molecule has 4 heteroatoms. The fourth-order valence-electron chi connectivity index (χ4n) is 1.11. The monoisotopic (exact) mass is 254 g/mol. The lowest BCUT2D eigenvalue weighted by atomic mass is 10.3. The molecule has 0 spiro atoms. The molecule has 0 saturated heterocycles. The Balaban J connectivity index is 2.27. The first-order chi connectivity index (χ1) is 7.47. The quantitative estimate of drug-likeness (QED) is 0.456. The van der Waals surface area contributed by atoms with E-state index >= 15 is 0 Å². The molecular formula is C12H18O2SSi. The average molecular weight is 254 g/mol. The molecular weight excluding hydrogens is 236 g/mol. The molecule has 0 heterocycles. The zero-order valence-electron chi connectivity index (χ0n) is 10.0. The summed E-state index contributed by atoms with van der Waals surface area (Å²) in [7, 11) is -1.11. The molecule has 0 fully saturated rings. The van der Waals surface area contributed by atoms with E-state index in [4.69, 9.17) is 4.74 Å². The Hall–Kier alpha value is -0.743. The molecule has 0 aliphatic carbocycles. The molecule has 0 bridgehead atoms. The number of carbonyl (C=O) groups excluding carboxylic acids is 1. The van der Waals surface area contributed by atoms with Crippen LogP contribution in [-0.4, -0.2) is 18.9 Å². The van der Waals surface area contributed by atoms with Crippen molar-refractivity contribution in [2.75, 3.05) is 5.75 Å². The highest BCUT2D eigenvalue weighted by Crippen LogP contribution is 2.20. The summed E-state index contributed by atoms with van der Waals surface area (Å²) in [5.74, 6) is 1.35. The molecule has 16 heavy (non-hydrogen) atoms. The number of hydrogen-bond acceptors (Lipinski definition) is 3. The number of esters is 1. The van der Waals surface area contributed by atoms with E-state index in [0.717, 1.165) is 5.75 Å². The van der Waals surface area contributed by atoms with Crippen LogP contribution >= 0.6 is 11.2 Å². The first kappa shape index (κ1) is 13.3. The van der Waals surface area contributed by atoms with Gasteiger partial charge in [-0.3, -0.25) is 4.79 Å². The highest BCUT2D eigenvalue weighted by atomic mass is 32.4. The van der Waals surface area contributed by atoms with E-state index in [-0.39, 0.29) is 5.97 Å². The van der Waals surface area contributed by atoms with Gasteiger partial charge in [-0.25, -0.2) is 0 Å². The molecule has 0 aliphatic heterocycles. The molecule has 0 N–H and O–H groups in total. The minimum absolute atomic E-state index is 0.142. The number of carbonyl (C=O) groups is 1. The van der Waals surface area contributed by atoms with Gasteiger partial charge in [0.25, 0.3) is 0 Å². The number of hydrogen-bond donors (Lipinski definition) is 0. The number of benzene rings is 1. The SMILES string of the molecule is C[Si](C)(C)SCCC(=O)Oc1ccccc1. The zero-order chi connectivity index (χ0) is 12.0. The summed E-state index contributed by atoms with van der Waals surface area (Å²) in [6.07, 6.45) is 0.490. The smallest absolute Gasteiger partial charge is 0.311 e. The van der Waals surface area contributed by atoms with Gasteiger partial charge in [-0.15, -0.1) is 0 Å². The lowest BCUT2D eigenvalue weighted by molar-refractivity contribution is -0.133. The zero-order valence-corrected chi connectivity index (χ0v) is 11.8. The Morgan fingerprint density at radius 2 is 1.88 bits per heavy atom. The Labute approximate surface area is 102 Å². The molecule has 0 unspecified atom stereocenters. The summed E-state index contributed by atoms with van der Waals surface area (Å²) in [6.45, 7) is 6.83. The first-order valence-electron chi connectivity index (χ1n) is 5.37. The van der Waals surface area contributed by atoms with E-state index < -0.39 is 7.22 Å². The van der Waals surface area contributed by atoms with Crippen molar-refractivity contribution in [2.24, 2.45) is 0 Å². The van der Waals surface area contributed by atoms with Crippen LogP contribution in [0.2, 0.25) is 19.6 Å². The first-order valence-corrected chi connectivity index (χ1v) is 10.6. The third kappa shape index (κ3) is 5.98. The van der Waals surface area contributed by atoms with Gasteiger partial charge in [0.05, 0.1) is 6.42 Å². The normalized spacial score (nSPS) is 11.2. The van der Waals surface area contributed by atoms with E-state index in [9.17, 15) is 4.79 Å². The van der Waals surface area contributed by atoms with E-state index in [1.54, 1.807) is 12.1 Å². The van der Waals surface area contributed by atoms with E-state index in [2.05, 4.69) is 19.6 Å². The van der Waals surface area contributed by atoms with Gasteiger partial charge >= 0.3 is 5.97 Å². The van der Waals surface area contributed by atoms with Crippen LogP contribution in [-0.2, 0) is 4.79 Å². The Kier molecular flexibility index (Phi) is 5.08. The Morgan fingerprint density at radius 1 is 1.25 bits per heavy atom. The molecule has 0 amide bonds. The summed E-state index contributed by atoms with van der Waals surface area (Å²) < 4.78 is 5.19. The van der Waals surface area contributed by atoms with Gasteiger partial charge in [-0.1, -0.05) is 37.8 Å². The van der Waals surface area contributed by atoms with Gasteiger partial charge in [0.1, 0.15) is 13.0 Å². The molecule has 0 aliphatic rings. The largest absolute Gasteiger partial charge is 0.427 e.